The van der Waals surface area contributed by atoms with Gasteiger partial charge in [0.05, 0.1) is 0 Å². The van der Waals surface area contributed by atoms with Gasteiger partial charge in [0.1, 0.15) is 5.54 Å². The van der Waals surface area contributed by atoms with Gasteiger partial charge in [-0.3, -0.25) is 4.79 Å². The van der Waals surface area contributed by atoms with Gasteiger partial charge < -0.3 is 16.4 Å². The van der Waals surface area contributed by atoms with Crippen LogP contribution >= 0.6 is 0 Å². The molecule has 0 radical (unpaired) electrons. The Morgan fingerprint density at radius 2 is 1.63 bits per heavy atom. The molecule has 3 rings (SSSR count). The third-order valence-corrected chi connectivity index (χ3v) is 5.82. The molecule has 1 fully saturated rings. The van der Waals surface area contributed by atoms with E-state index in [4.69, 9.17) is 5.73 Å². The van der Waals surface area contributed by atoms with Gasteiger partial charge in [-0.15, -0.1) is 0 Å². The molecule has 1 aliphatic carbocycles. The fourth-order valence-electron chi connectivity index (χ4n) is 4.06. The van der Waals surface area contributed by atoms with Gasteiger partial charge in [-0.25, -0.2) is 0 Å². The lowest BCUT2D eigenvalue weighted by Gasteiger charge is -2.35. The lowest BCUT2D eigenvalue weighted by Crippen LogP contribution is -2.56. The molecule has 2 unspecified atom stereocenters. The van der Waals surface area contributed by atoms with Gasteiger partial charge in [-0.05, 0) is 37.8 Å². The van der Waals surface area contributed by atoms with Crippen molar-refractivity contribution in [2.24, 2.45) is 5.73 Å². The topological polar surface area (TPSA) is 67.1 Å². The van der Waals surface area contributed by atoms with E-state index in [2.05, 4.69) is 41.8 Å². The predicted molar refractivity (Wildman–Crippen MR) is 110 cm³/mol. The third kappa shape index (κ3) is 4.57. The number of benzene rings is 2. The van der Waals surface area contributed by atoms with E-state index >= 15 is 0 Å². The largest absolute Gasteiger partial charge is 0.352 e. The van der Waals surface area contributed by atoms with Crippen molar-refractivity contribution in [2.75, 3.05) is 6.54 Å². The lowest BCUT2D eigenvalue weighted by molar-refractivity contribution is -0.126. The van der Waals surface area contributed by atoms with Crippen molar-refractivity contribution in [3.63, 3.8) is 0 Å². The molecule has 2 atom stereocenters. The standard InChI is InChI=1S/C23H31N3O/c1-18(19-11-5-3-6-12-19)26-23(15-9-10-16-23)17-25-21(27)22(2,24)20-13-7-4-8-14-20/h3-8,11-14,18,26H,9-10,15-17,24H2,1-2H3,(H,25,27). The SMILES string of the molecule is CC(NC1(CNC(=O)C(C)(N)c2ccccc2)CCCC1)c1ccccc1. The number of hydrogen-bond acceptors (Lipinski definition) is 3. The van der Waals surface area contributed by atoms with Crippen LogP contribution in [0.5, 0.6) is 0 Å². The highest BCUT2D eigenvalue weighted by Gasteiger charge is 2.37. The maximum Gasteiger partial charge on any atom is 0.244 e. The molecule has 4 N–H and O–H groups in total. The van der Waals surface area contributed by atoms with Crippen molar-refractivity contribution in [3.8, 4) is 0 Å². The van der Waals surface area contributed by atoms with Crippen molar-refractivity contribution in [2.45, 2.75) is 56.7 Å². The minimum atomic E-state index is -1.04. The molecule has 0 spiro atoms. The first kappa shape index (κ1) is 19.6. The normalized spacial score (nSPS) is 19.2. The molecule has 2 aromatic rings. The van der Waals surface area contributed by atoms with Gasteiger partial charge in [-0.2, -0.15) is 0 Å². The summed E-state index contributed by atoms with van der Waals surface area (Å²) in [6.07, 6.45) is 4.50. The minimum Gasteiger partial charge on any atom is -0.352 e. The Kier molecular flexibility index (Phi) is 5.98. The van der Waals surface area contributed by atoms with Crippen molar-refractivity contribution >= 4 is 5.91 Å². The molecule has 0 saturated heterocycles. The second-order valence-electron chi connectivity index (χ2n) is 8.02. The van der Waals surface area contributed by atoms with Gasteiger partial charge in [0, 0.05) is 18.1 Å². The van der Waals surface area contributed by atoms with Crippen molar-refractivity contribution in [1.29, 1.82) is 0 Å². The highest BCUT2D eigenvalue weighted by molar-refractivity contribution is 5.87. The molecule has 4 nitrogen and oxygen atoms in total. The summed E-state index contributed by atoms with van der Waals surface area (Å²) >= 11 is 0. The second kappa shape index (κ2) is 8.24. The fraction of sp³-hybridized carbons (Fsp3) is 0.435. The van der Waals surface area contributed by atoms with Crippen molar-refractivity contribution in [3.05, 3.63) is 71.8 Å². The molecule has 144 valence electrons. The van der Waals surface area contributed by atoms with Crippen LogP contribution in [0.15, 0.2) is 60.7 Å². The van der Waals surface area contributed by atoms with E-state index in [9.17, 15) is 4.79 Å². The van der Waals surface area contributed by atoms with Gasteiger partial charge >= 0.3 is 0 Å². The van der Waals surface area contributed by atoms with Crippen LogP contribution in [-0.2, 0) is 10.3 Å². The zero-order valence-corrected chi connectivity index (χ0v) is 16.4. The van der Waals surface area contributed by atoms with Crippen LogP contribution in [0.4, 0.5) is 0 Å². The molecule has 1 saturated carbocycles. The molecule has 0 bridgehead atoms. The Balaban J connectivity index is 1.67. The minimum absolute atomic E-state index is 0.0717. The Morgan fingerprint density at radius 3 is 2.22 bits per heavy atom. The maximum absolute atomic E-state index is 12.9. The first-order chi connectivity index (χ1) is 12.9. The molecule has 1 aliphatic rings. The van der Waals surface area contributed by atoms with Crippen LogP contribution in [-0.4, -0.2) is 18.0 Å². The smallest absolute Gasteiger partial charge is 0.244 e. The summed E-state index contributed by atoms with van der Waals surface area (Å²) < 4.78 is 0. The van der Waals surface area contributed by atoms with E-state index in [1.807, 2.05) is 36.4 Å². The molecule has 0 heterocycles. The maximum atomic E-state index is 12.9. The summed E-state index contributed by atoms with van der Waals surface area (Å²) in [4.78, 5) is 12.9. The summed E-state index contributed by atoms with van der Waals surface area (Å²) in [7, 11) is 0. The number of hydrogen-bond donors (Lipinski definition) is 3. The van der Waals surface area contributed by atoms with Crippen LogP contribution in [0.25, 0.3) is 0 Å². The first-order valence-corrected chi connectivity index (χ1v) is 9.88. The Bertz CT molecular complexity index is 737. The summed E-state index contributed by atoms with van der Waals surface area (Å²) in [6.45, 7) is 4.57. The van der Waals surface area contributed by atoms with Gasteiger partial charge in [0.15, 0.2) is 0 Å². The van der Waals surface area contributed by atoms with E-state index in [0.29, 0.717) is 6.54 Å². The van der Waals surface area contributed by atoms with E-state index < -0.39 is 5.54 Å². The average Bonchev–Trinajstić information content (AvgIpc) is 3.16. The Hall–Kier alpha value is -2.17. The highest BCUT2D eigenvalue weighted by Crippen LogP contribution is 2.32. The van der Waals surface area contributed by atoms with Crippen LogP contribution in [0, 0.1) is 0 Å². The first-order valence-electron chi connectivity index (χ1n) is 9.88. The number of rotatable bonds is 7. The zero-order chi connectivity index (χ0) is 19.3. The van der Waals surface area contributed by atoms with Gasteiger partial charge in [-0.1, -0.05) is 73.5 Å². The van der Waals surface area contributed by atoms with Crippen molar-refractivity contribution < 1.29 is 4.79 Å². The monoisotopic (exact) mass is 365 g/mol. The summed E-state index contributed by atoms with van der Waals surface area (Å²) in [5.74, 6) is -0.130. The Labute approximate surface area is 162 Å². The predicted octanol–water partition coefficient (Wildman–Crippen LogP) is 3.64. The molecule has 2 aromatic carbocycles. The molecule has 0 aromatic heterocycles. The van der Waals surface area contributed by atoms with E-state index in [0.717, 1.165) is 18.4 Å². The number of carbonyl (C=O) groups is 1. The van der Waals surface area contributed by atoms with Gasteiger partial charge in [0.25, 0.3) is 0 Å². The average molecular weight is 366 g/mol. The molecule has 27 heavy (non-hydrogen) atoms. The number of amides is 1. The molecule has 1 amide bonds. The number of nitrogens with one attached hydrogen (secondary N) is 2. The number of carbonyl (C=O) groups excluding carboxylic acids is 1. The quantitative estimate of drug-likeness (QED) is 0.702. The third-order valence-electron chi connectivity index (χ3n) is 5.82. The number of nitrogens with two attached hydrogens (primary N) is 1. The summed E-state index contributed by atoms with van der Waals surface area (Å²) in [6, 6.07) is 20.3. The van der Waals surface area contributed by atoms with Crippen LogP contribution in [0.2, 0.25) is 0 Å². The molecule has 4 heteroatoms. The summed E-state index contributed by atoms with van der Waals surface area (Å²) in [5, 5.41) is 6.93. The molecular formula is C23H31N3O. The lowest BCUT2D eigenvalue weighted by atomic mass is 9.90. The van der Waals surface area contributed by atoms with Gasteiger partial charge in [0.2, 0.25) is 5.91 Å². The van der Waals surface area contributed by atoms with Crippen LogP contribution in [0.1, 0.15) is 56.7 Å². The highest BCUT2D eigenvalue weighted by atomic mass is 16.2. The zero-order valence-electron chi connectivity index (χ0n) is 16.4. The molecular weight excluding hydrogens is 334 g/mol. The van der Waals surface area contributed by atoms with Crippen LogP contribution in [0.3, 0.4) is 0 Å². The van der Waals surface area contributed by atoms with Crippen LogP contribution < -0.4 is 16.4 Å². The van der Waals surface area contributed by atoms with Crippen molar-refractivity contribution in [1.82, 2.24) is 10.6 Å². The molecule has 0 aliphatic heterocycles. The Morgan fingerprint density at radius 1 is 1.07 bits per heavy atom. The fourth-order valence-corrected chi connectivity index (χ4v) is 4.06. The van der Waals surface area contributed by atoms with E-state index in [-0.39, 0.29) is 17.5 Å². The van der Waals surface area contributed by atoms with E-state index in [1.165, 1.54) is 18.4 Å². The second-order valence-corrected chi connectivity index (χ2v) is 8.02. The summed E-state index contributed by atoms with van der Waals surface area (Å²) in [5.41, 5.74) is 7.36. The van der Waals surface area contributed by atoms with E-state index in [1.54, 1.807) is 6.92 Å².